The van der Waals surface area contributed by atoms with Gasteiger partial charge in [-0.3, -0.25) is 4.79 Å². The van der Waals surface area contributed by atoms with E-state index in [4.69, 9.17) is 0 Å². The third-order valence-electron chi connectivity index (χ3n) is 3.46. The number of carbonyl (C=O) groups is 1. The number of ketones is 1. The predicted molar refractivity (Wildman–Crippen MR) is 62.4 cm³/mol. The molecule has 1 nitrogen and oxygen atoms in total. The SMILES string of the molecule is Cc1cc(F)ccc1C(=O)C1CCCC(F)(F)C1. The van der Waals surface area contributed by atoms with E-state index in [9.17, 15) is 18.0 Å². The minimum absolute atomic E-state index is 0.140. The van der Waals surface area contributed by atoms with Crippen molar-refractivity contribution >= 4 is 5.78 Å². The summed E-state index contributed by atoms with van der Waals surface area (Å²) in [5, 5.41) is 0. The molecule has 0 aromatic heterocycles. The number of benzene rings is 1. The quantitative estimate of drug-likeness (QED) is 0.727. The molecular weight excluding hydrogens is 241 g/mol. The maximum absolute atomic E-state index is 13.3. The Labute approximate surface area is 104 Å². The normalized spacial score (nSPS) is 22.8. The van der Waals surface area contributed by atoms with Crippen LogP contribution in [0, 0.1) is 18.7 Å². The van der Waals surface area contributed by atoms with Gasteiger partial charge in [-0.25, -0.2) is 13.2 Å². The van der Waals surface area contributed by atoms with E-state index < -0.39 is 17.7 Å². The van der Waals surface area contributed by atoms with E-state index in [1.54, 1.807) is 6.92 Å². The summed E-state index contributed by atoms with van der Waals surface area (Å²) in [5.41, 5.74) is 0.869. The van der Waals surface area contributed by atoms with E-state index in [2.05, 4.69) is 0 Å². The molecule has 0 radical (unpaired) electrons. The van der Waals surface area contributed by atoms with Crippen molar-refractivity contribution in [2.75, 3.05) is 0 Å². The lowest BCUT2D eigenvalue weighted by molar-refractivity contribution is -0.0478. The molecule has 4 heteroatoms. The van der Waals surface area contributed by atoms with Crippen molar-refractivity contribution in [3.8, 4) is 0 Å². The number of aryl methyl sites for hydroxylation is 1. The molecule has 0 spiro atoms. The average Bonchev–Trinajstić information content (AvgIpc) is 2.27. The van der Waals surface area contributed by atoms with Crippen LogP contribution < -0.4 is 0 Å². The Morgan fingerprint density at radius 3 is 2.72 bits per heavy atom. The molecule has 0 N–H and O–H groups in total. The molecule has 1 saturated carbocycles. The third kappa shape index (κ3) is 2.74. The van der Waals surface area contributed by atoms with Gasteiger partial charge in [0.15, 0.2) is 5.78 Å². The minimum atomic E-state index is -2.74. The van der Waals surface area contributed by atoms with Gasteiger partial charge in [0.05, 0.1) is 0 Å². The summed E-state index contributed by atoms with van der Waals surface area (Å²) in [6, 6.07) is 3.84. The van der Waals surface area contributed by atoms with Crippen LogP contribution in [0.4, 0.5) is 13.2 Å². The van der Waals surface area contributed by atoms with Gasteiger partial charge < -0.3 is 0 Å². The summed E-state index contributed by atoms with van der Waals surface area (Å²) in [5.74, 6) is -4.09. The van der Waals surface area contributed by atoms with E-state index in [-0.39, 0.29) is 18.6 Å². The Hall–Kier alpha value is -1.32. The molecule has 1 fully saturated rings. The fraction of sp³-hybridized carbons (Fsp3) is 0.500. The highest BCUT2D eigenvalue weighted by atomic mass is 19.3. The molecule has 0 aliphatic heterocycles. The van der Waals surface area contributed by atoms with Gasteiger partial charge in [0.1, 0.15) is 5.82 Å². The van der Waals surface area contributed by atoms with Gasteiger partial charge in [0.2, 0.25) is 5.92 Å². The predicted octanol–water partition coefficient (Wildman–Crippen LogP) is 4.14. The van der Waals surface area contributed by atoms with Crippen LogP contribution in [-0.4, -0.2) is 11.7 Å². The van der Waals surface area contributed by atoms with E-state index in [1.165, 1.54) is 18.2 Å². The number of rotatable bonds is 2. The van der Waals surface area contributed by atoms with Crippen LogP contribution in [0.2, 0.25) is 0 Å². The Balaban J connectivity index is 2.20. The second-order valence-electron chi connectivity index (χ2n) is 4.97. The van der Waals surface area contributed by atoms with E-state index in [0.717, 1.165) is 0 Å². The Bertz CT molecular complexity index is 468. The topological polar surface area (TPSA) is 17.1 Å². The second-order valence-corrected chi connectivity index (χ2v) is 4.97. The molecule has 1 unspecified atom stereocenters. The monoisotopic (exact) mass is 256 g/mol. The summed E-state index contributed by atoms with van der Waals surface area (Å²) >= 11 is 0. The zero-order valence-electron chi connectivity index (χ0n) is 10.2. The van der Waals surface area contributed by atoms with E-state index in [1.807, 2.05) is 0 Å². The first kappa shape index (κ1) is 13.1. The standard InChI is InChI=1S/C14H15F3O/c1-9-7-11(15)4-5-12(9)13(18)10-3-2-6-14(16,17)8-10/h4-5,7,10H,2-3,6,8H2,1H3. The van der Waals surface area contributed by atoms with Gasteiger partial charge in [-0.2, -0.15) is 0 Å². The van der Waals surface area contributed by atoms with Gasteiger partial charge >= 0.3 is 0 Å². The number of alkyl halides is 2. The lowest BCUT2D eigenvalue weighted by atomic mass is 9.81. The number of hydrogen-bond donors (Lipinski definition) is 0. The average molecular weight is 256 g/mol. The van der Waals surface area contributed by atoms with Crippen LogP contribution in [-0.2, 0) is 0 Å². The van der Waals surface area contributed by atoms with E-state index in [0.29, 0.717) is 24.0 Å². The van der Waals surface area contributed by atoms with Crippen LogP contribution in [0.3, 0.4) is 0 Å². The van der Waals surface area contributed by atoms with Gasteiger partial charge in [0, 0.05) is 24.3 Å². The summed E-state index contributed by atoms with van der Waals surface area (Å²) < 4.78 is 39.5. The second kappa shape index (κ2) is 4.75. The lowest BCUT2D eigenvalue weighted by Gasteiger charge is -2.28. The minimum Gasteiger partial charge on any atom is -0.294 e. The molecule has 1 aliphatic rings. The van der Waals surface area contributed by atoms with Crippen molar-refractivity contribution in [2.24, 2.45) is 5.92 Å². The van der Waals surface area contributed by atoms with Crippen molar-refractivity contribution in [3.63, 3.8) is 0 Å². The summed E-state index contributed by atoms with van der Waals surface area (Å²) in [7, 11) is 0. The fourth-order valence-corrected chi connectivity index (χ4v) is 2.52. The molecule has 1 aromatic rings. The largest absolute Gasteiger partial charge is 0.294 e. The first-order chi connectivity index (χ1) is 8.39. The lowest BCUT2D eigenvalue weighted by Crippen LogP contribution is -2.30. The molecule has 1 aromatic carbocycles. The molecule has 18 heavy (non-hydrogen) atoms. The van der Waals surface area contributed by atoms with Crippen LogP contribution in [0.1, 0.15) is 41.6 Å². The van der Waals surface area contributed by atoms with Crippen molar-refractivity contribution < 1.29 is 18.0 Å². The number of carbonyl (C=O) groups excluding carboxylic acids is 1. The Morgan fingerprint density at radius 1 is 1.39 bits per heavy atom. The number of hydrogen-bond acceptors (Lipinski definition) is 1. The molecule has 2 rings (SSSR count). The molecule has 0 heterocycles. The maximum atomic E-state index is 13.3. The Kier molecular flexibility index (Phi) is 3.46. The molecule has 1 aliphatic carbocycles. The van der Waals surface area contributed by atoms with Crippen molar-refractivity contribution in [1.29, 1.82) is 0 Å². The number of halogens is 3. The first-order valence-corrected chi connectivity index (χ1v) is 6.07. The van der Waals surface area contributed by atoms with Crippen molar-refractivity contribution in [2.45, 2.75) is 38.5 Å². The smallest absolute Gasteiger partial charge is 0.248 e. The summed E-state index contributed by atoms with van der Waals surface area (Å²) in [4.78, 5) is 12.2. The van der Waals surface area contributed by atoms with Crippen LogP contribution >= 0.6 is 0 Å². The highest BCUT2D eigenvalue weighted by Crippen LogP contribution is 2.38. The van der Waals surface area contributed by atoms with Crippen LogP contribution in [0.25, 0.3) is 0 Å². The summed E-state index contributed by atoms with van der Waals surface area (Å²) in [6.45, 7) is 1.62. The van der Waals surface area contributed by atoms with Crippen LogP contribution in [0.15, 0.2) is 18.2 Å². The number of Topliss-reactive ketones (excluding diaryl/α,β-unsaturated/α-hetero) is 1. The van der Waals surface area contributed by atoms with Crippen molar-refractivity contribution in [3.05, 3.63) is 35.1 Å². The first-order valence-electron chi connectivity index (χ1n) is 6.07. The maximum Gasteiger partial charge on any atom is 0.248 e. The highest BCUT2D eigenvalue weighted by Gasteiger charge is 2.39. The fourth-order valence-electron chi connectivity index (χ4n) is 2.52. The molecule has 98 valence electrons. The molecule has 0 saturated heterocycles. The molecular formula is C14H15F3O. The molecule has 0 amide bonds. The van der Waals surface area contributed by atoms with Gasteiger partial charge in [0.25, 0.3) is 0 Å². The highest BCUT2D eigenvalue weighted by molar-refractivity contribution is 5.99. The van der Waals surface area contributed by atoms with Gasteiger partial charge in [-0.1, -0.05) is 0 Å². The molecule has 0 bridgehead atoms. The Morgan fingerprint density at radius 2 is 2.11 bits per heavy atom. The molecule has 1 atom stereocenters. The summed E-state index contributed by atoms with van der Waals surface area (Å²) in [6.07, 6.45) is 0.330. The zero-order valence-corrected chi connectivity index (χ0v) is 10.2. The van der Waals surface area contributed by atoms with Crippen LogP contribution in [0.5, 0.6) is 0 Å². The zero-order chi connectivity index (χ0) is 13.3. The van der Waals surface area contributed by atoms with Gasteiger partial charge in [-0.15, -0.1) is 0 Å². The van der Waals surface area contributed by atoms with Crippen molar-refractivity contribution in [1.82, 2.24) is 0 Å². The van der Waals surface area contributed by atoms with E-state index >= 15 is 0 Å². The third-order valence-corrected chi connectivity index (χ3v) is 3.46. The van der Waals surface area contributed by atoms with Gasteiger partial charge in [-0.05, 0) is 43.5 Å².